The number of methoxy groups -OCH3 is 1. The predicted octanol–water partition coefficient (Wildman–Crippen LogP) is 3.60. The second-order valence-electron chi connectivity index (χ2n) is 4.31. The van der Waals surface area contributed by atoms with Gasteiger partial charge >= 0.3 is 0 Å². The molecule has 0 radical (unpaired) electrons. The van der Waals surface area contributed by atoms with Gasteiger partial charge in [-0.2, -0.15) is 0 Å². The van der Waals surface area contributed by atoms with Crippen molar-refractivity contribution in [2.45, 2.75) is 20.0 Å². The minimum atomic E-state index is 0.159. The summed E-state index contributed by atoms with van der Waals surface area (Å²) in [6.45, 7) is 3.99. The van der Waals surface area contributed by atoms with Crippen LogP contribution >= 0.6 is 12.2 Å². The zero-order valence-electron chi connectivity index (χ0n) is 11.1. The lowest BCUT2D eigenvalue weighted by atomic mass is 10.1. The minimum Gasteiger partial charge on any atom is -0.491 e. The summed E-state index contributed by atoms with van der Waals surface area (Å²) in [5, 5.41) is 0. The van der Waals surface area contributed by atoms with Gasteiger partial charge in [-0.05, 0) is 38.1 Å². The molecule has 4 nitrogen and oxygen atoms in total. The molecule has 1 aromatic carbocycles. The zero-order valence-corrected chi connectivity index (χ0v) is 12.0. The third kappa shape index (κ3) is 3.12. The Balaban J connectivity index is 2.37. The Labute approximate surface area is 117 Å². The average molecular weight is 276 g/mol. The molecule has 0 atom stereocenters. The van der Waals surface area contributed by atoms with Gasteiger partial charge in [0.05, 0.1) is 25.2 Å². The molecule has 0 aliphatic rings. The van der Waals surface area contributed by atoms with Crippen LogP contribution in [0.25, 0.3) is 11.3 Å². The number of hydrogen-bond acceptors (Lipinski definition) is 4. The molecule has 2 aromatic rings. The SMILES string of the molecule is COc1c(-c2ccc(OC(C)C)cc2)[nH]cnc1=S. The largest absolute Gasteiger partial charge is 0.491 e. The van der Waals surface area contributed by atoms with E-state index in [0.29, 0.717) is 10.4 Å². The van der Waals surface area contributed by atoms with Gasteiger partial charge in [-0.25, -0.2) is 4.98 Å². The van der Waals surface area contributed by atoms with Crippen LogP contribution in [0.3, 0.4) is 0 Å². The molecule has 1 aromatic heterocycles. The number of H-pyrrole nitrogens is 1. The van der Waals surface area contributed by atoms with Gasteiger partial charge in [-0.1, -0.05) is 12.2 Å². The summed E-state index contributed by atoms with van der Waals surface area (Å²) in [6, 6.07) is 7.76. The molecule has 0 saturated carbocycles. The number of aromatic nitrogens is 2. The predicted molar refractivity (Wildman–Crippen MR) is 77.2 cm³/mol. The van der Waals surface area contributed by atoms with Crippen LogP contribution in [-0.2, 0) is 0 Å². The minimum absolute atomic E-state index is 0.159. The number of ether oxygens (including phenoxy) is 2. The Morgan fingerprint density at radius 1 is 1.21 bits per heavy atom. The van der Waals surface area contributed by atoms with Gasteiger partial charge in [0, 0.05) is 5.56 Å². The first-order chi connectivity index (χ1) is 9.11. The monoisotopic (exact) mass is 276 g/mol. The molecule has 1 heterocycles. The Morgan fingerprint density at radius 3 is 2.47 bits per heavy atom. The van der Waals surface area contributed by atoms with Crippen molar-refractivity contribution >= 4 is 12.2 Å². The van der Waals surface area contributed by atoms with Crippen LogP contribution in [0.1, 0.15) is 13.8 Å². The molecule has 0 bridgehead atoms. The molecular weight excluding hydrogens is 260 g/mol. The Hall–Kier alpha value is -1.88. The van der Waals surface area contributed by atoms with Crippen molar-refractivity contribution < 1.29 is 9.47 Å². The fourth-order valence-corrected chi connectivity index (χ4v) is 2.00. The molecule has 100 valence electrons. The van der Waals surface area contributed by atoms with Crippen LogP contribution in [0.2, 0.25) is 0 Å². The van der Waals surface area contributed by atoms with Gasteiger partial charge < -0.3 is 14.5 Å². The summed E-state index contributed by atoms with van der Waals surface area (Å²) in [7, 11) is 1.58. The van der Waals surface area contributed by atoms with Crippen molar-refractivity contribution in [2.24, 2.45) is 0 Å². The molecule has 0 spiro atoms. The third-order valence-electron chi connectivity index (χ3n) is 2.53. The molecule has 0 amide bonds. The van der Waals surface area contributed by atoms with E-state index in [9.17, 15) is 0 Å². The van der Waals surface area contributed by atoms with Crippen molar-refractivity contribution in [2.75, 3.05) is 7.11 Å². The standard InChI is InChI=1S/C14H16N2O2S/c1-9(2)18-11-6-4-10(5-7-11)12-13(17-3)14(19)16-8-15-12/h4-9H,1-3H3,(H,15,16,19). The van der Waals surface area contributed by atoms with Gasteiger partial charge in [0.25, 0.3) is 0 Å². The first kappa shape index (κ1) is 13.5. The van der Waals surface area contributed by atoms with Crippen LogP contribution in [0, 0.1) is 4.64 Å². The van der Waals surface area contributed by atoms with Gasteiger partial charge in [-0.15, -0.1) is 0 Å². The van der Waals surface area contributed by atoms with Crippen LogP contribution in [0.5, 0.6) is 11.5 Å². The molecule has 0 aliphatic heterocycles. The highest BCUT2D eigenvalue weighted by molar-refractivity contribution is 7.71. The lowest BCUT2D eigenvalue weighted by molar-refractivity contribution is 0.242. The summed E-state index contributed by atoms with van der Waals surface area (Å²) >= 11 is 5.14. The van der Waals surface area contributed by atoms with Crippen molar-refractivity contribution in [1.29, 1.82) is 0 Å². The van der Waals surface area contributed by atoms with E-state index in [1.165, 1.54) is 0 Å². The van der Waals surface area contributed by atoms with E-state index in [1.54, 1.807) is 13.4 Å². The number of rotatable bonds is 4. The summed E-state index contributed by atoms with van der Waals surface area (Å²) in [4.78, 5) is 7.06. The van der Waals surface area contributed by atoms with Crippen LogP contribution < -0.4 is 9.47 Å². The molecule has 19 heavy (non-hydrogen) atoms. The van der Waals surface area contributed by atoms with Gasteiger partial charge in [0.1, 0.15) is 5.75 Å². The Morgan fingerprint density at radius 2 is 1.89 bits per heavy atom. The highest BCUT2D eigenvalue weighted by Crippen LogP contribution is 2.29. The zero-order chi connectivity index (χ0) is 13.8. The van der Waals surface area contributed by atoms with E-state index >= 15 is 0 Å². The topological polar surface area (TPSA) is 47.1 Å². The molecule has 0 saturated heterocycles. The lowest BCUT2D eigenvalue weighted by Gasteiger charge is -2.11. The summed E-state index contributed by atoms with van der Waals surface area (Å²) in [5.41, 5.74) is 1.79. The number of benzene rings is 1. The fraction of sp³-hybridized carbons (Fsp3) is 0.286. The smallest absolute Gasteiger partial charge is 0.179 e. The average Bonchev–Trinajstić information content (AvgIpc) is 2.38. The van der Waals surface area contributed by atoms with Crippen molar-refractivity contribution in [3.05, 3.63) is 35.2 Å². The van der Waals surface area contributed by atoms with E-state index in [0.717, 1.165) is 17.0 Å². The van der Waals surface area contributed by atoms with Crippen molar-refractivity contribution in [3.8, 4) is 22.8 Å². The second-order valence-corrected chi connectivity index (χ2v) is 4.69. The molecular formula is C14H16N2O2S. The van der Waals surface area contributed by atoms with E-state index in [4.69, 9.17) is 21.7 Å². The van der Waals surface area contributed by atoms with E-state index in [-0.39, 0.29) is 6.10 Å². The van der Waals surface area contributed by atoms with Crippen molar-refractivity contribution in [1.82, 2.24) is 9.97 Å². The quantitative estimate of drug-likeness (QED) is 0.867. The van der Waals surface area contributed by atoms with Crippen LogP contribution in [0.15, 0.2) is 30.6 Å². The van der Waals surface area contributed by atoms with Crippen molar-refractivity contribution in [3.63, 3.8) is 0 Å². The molecule has 1 N–H and O–H groups in total. The van der Waals surface area contributed by atoms with Gasteiger partial charge in [-0.3, -0.25) is 0 Å². The number of nitrogens with one attached hydrogen (secondary N) is 1. The Bertz CT molecular complexity index is 606. The first-order valence-corrected chi connectivity index (χ1v) is 6.41. The van der Waals surface area contributed by atoms with Crippen LogP contribution in [-0.4, -0.2) is 23.2 Å². The van der Waals surface area contributed by atoms with E-state index < -0.39 is 0 Å². The second kappa shape index (κ2) is 5.84. The maximum atomic E-state index is 5.61. The first-order valence-electron chi connectivity index (χ1n) is 6.00. The van der Waals surface area contributed by atoms with E-state index in [2.05, 4.69) is 9.97 Å². The highest BCUT2D eigenvalue weighted by atomic mass is 32.1. The molecule has 0 unspecified atom stereocenters. The molecule has 0 aliphatic carbocycles. The van der Waals surface area contributed by atoms with Gasteiger partial charge in [0.15, 0.2) is 10.4 Å². The number of aromatic amines is 1. The van der Waals surface area contributed by atoms with Gasteiger partial charge in [0.2, 0.25) is 0 Å². The fourth-order valence-electron chi connectivity index (χ4n) is 1.76. The normalized spacial score (nSPS) is 10.5. The summed E-state index contributed by atoms with van der Waals surface area (Å²) in [5.74, 6) is 1.42. The third-order valence-corrected chi connectivity index (χ3v) is 2.82. The summed E-state index contributed by atoms with van der Waals surface area (Å²) < 4.78 is 11.4. The number of nitrogens with zero attached hydrogens (tertiary/aromatic N) is 1. The molecule has 0 fully saturated rings. The highest BCUT2D eigenvalue weighted by Gasteiger charge is 2.08. The molecule has 5 heteroatoms. The molecule has 2 rings (SSSR count). The van der Waals surface area contributed by atoms with E-state index in [1.807, 2.05) is 38.1 Å². The number of hydrogen-bond donors (Lipinski definition) is 1. The lowest BCUT2D eigenvalue weighted by Crippen LogP contribution is -2.05. The maximum absolute atomic E-state index is 5.61. The maximum Gasteiger partial charge on any atom is 0.179 e. The Kier molecular flexibility index (Phi) is 4.16. The summed E-state index contributed by atoms with van der Waals surface area (Å²) in [6.07, 6.45) is 1.73. The van der Waals surface area contributed by atoms with Crippen LogP contribution in [0.4, 0.5) is 0 Å².